The molecule has 2 N–H and O–H groups in total. The van der Waals surface area contributed by atoms with E-state index in [2.05, 4.69) is 4.72 Å². The predicted molar refractivity (Wildman–Crippen MR) is 75.4 cm³/mol. The van der Waals surface area contributed by atoms with E-state index in [1.807, 2.05) is 6.92 Å². The van der Waals surface area contributed by atoms with Gasteiger partial charge in [-0.3, -0.25) is 4.72 Å². The molecule has 1 saturated heterocycles. The summed E-state index contributed by atoms with van der Waals surface area (Å²) in [5, 5.41) is 9.61. The Balaban J connectivity index is 2.23. The third kappa shape index (κ3) is 3.01. The van der Waals surface area contributed by atoms with Crippen LogP contribution in [0.25, 0.3) is 0 Å². The van der Waals surface area contributed by atoms with Gasteiger partial charge in [-0.2, -0.15) is 12.7 Å². The molecule has 1 aromatic carbocycles. The second-order valence-corrected chi connectivity index (χ2v) is 6.64. The first kappa shape index (κ1) is 14.1. The van der Waals surface area contributed by atoms with Crippen molar-refractivity contribution in [2.75, 3.05) is 11.3 Å². The number of anilines is 1. The molecule has 5 nitrogen and oxygen atoms in total. The fourth-order valence-electron chi connectivity index (χ4n) is 2.36. The third-order valence-corrected chi connectivity index (χ3v) is 5.23. The lowest BCUT2D eigenvalue weighted by Gasteiger charge is -2.32. The van der Waals surface area contributed by atoms with Crippen molar-refractivity contribution in [1.82, 2.24) is 4.31 Å². The zero-order chi connectivity index (χ0) is 14.0. The van der Waals surface area contributed by atoms with Gasteiger partial charge in [0.15, 0.2) is 0 Å². The van der Waals surface area contributed by atoms with E-state index in [1.165, 1.54) is 10.4 Å². The molecule has 1 aliphatic rings. The number of aromatic hydroxyl groups is 1. The van der Waals surface area contributed by atoms with E-state index >= 15 is 0 Å². The van der Waals surface area contributed by atoms with Crippen molar-refractivity contribution in [3.63, 3.8) is 0 Å². The van der Waals surface area contributed by atoms with E-state index in [1.54, 1.807) is 19.1 Å². The van der Waals surface area contributed by atoms with Crippen LogP contribution >= 0.6 is 0 Å². The van der Waals surface area contributed by atoms with Crippen LogP contribution < -0.4 is 4.72 Å². The van der Waals surface area contributed by atoms with Crippen LogP contribution in [-0.4, -0.2) is 30.4 Å². The summed E-state index contributed by atoms with van der Waals surface area (Å²) in [5.74, 6) is 0.0897. The number of nitrogens with zero attached hydrogens (tertiary/aromatic N) is 1. The summed E-state index contributed by atoms with van der Waals surface area (Å²) >= 11 is 0. The van der Waals surface area contributed by atoms with Gasteiger partial charge in [0.05, 0.1) is 5.69 Å². The maximum absolute atomic E-state index is 12.4. The van der Waals surface area contributed by atoms with E-state index in [-0.39, 0.29) is 11.8 Å². The highest BCUT2D eigenvalue weighted by Gasteiger charge is 2.29. The van der Waals surface area contributed by atoms with E-state index in [4.69, 9.17) is 0 Å². The van der Waals surface area contributed by atoms with Gasteiger partial charge in [0.2, 0.25) is 0 Å². The largest absolute Gasteiger partial charge is 0.508 e. The Kier molecular flexibility index (Phi) is 4.01. The van der Waals surface area contributed by atoms with Crippen LogP contribution in [0.5, 0.6) is 5.75 Å². The van der Waals surface area contributed by atoms with Crippen LogP contribution in [0, 0.1) is 6.92 Å². The monoisotopic (exact) mass is 284 g/mol. The average Bonchev–Trinajstić information content (AvgIpc) is 2.35. The summed E-state index contributed by atoms with van der Waals surface area (Å²) in [4.78, 5) is 0. The van der Waals surface area contributed by atoms with E-state index < -0.39 is 10.2 Å². The lowest BCUT2D eigenvalue weighted by molar-refractivity contribution is 0.270. The van der Waals surface area contributed by atoms with Gasteiger partial charge in [0.25, 0.3) is 0 Å². The number of rotatable bonds is 3. The minimum absolute atomic E-state index is 0.0175. The second kappa shape index (κ2) is 5.38. The van der Waals surface area contributed by atoms with Crippen molar-refractivity contribution in [1.29, 1.82) is 0 Å². The molecule has 106 valence electrons. The minimum atomic E-state index is -3.55. The fourth-order valence-corrected chi connectivity index (χ4v) is 3.93. The van der Waals surface area contributed by atoms with Gasteiger partial charge in [-0.15, -0.1) is 0 Å². The summed E-state index contributed by atoms with van der Waals surface area (Å²) in [6.07, 6.45) is 2.85. The van der Waals surface area contributed by atoms with Crippen molar-refractivity contribution in [3.05, 3.63) is 23.8 Å². The molecular formula is C13H20N2O3S. The smallest absolute Gasteiger partial charge is 0.301 e. The lowest BCUT2D eigenvalue weighted by atomic mass is 10.1. The molecule has 1 unspecified atom stereocenters. The molecule has 1 heterocycles. The van der Waals surface area contributed by atoms with Crippen LogP contribution in [-0.2, 0) is 10.2 Å². The van der Waals surface area contributed by atoms with Gasteiger partial charge in [-0.05, 0) is 38.8 Å². The zero-order valence-corrected chi connectivity index (χ0v) is 12.1. The highest BCUT2D eigenvalue weighted by molar-refractivity contribution is 7.90. The first-order chi connectivity index (χ1) is 8.92. The number of hydrogen-bond acceptors (Lipinski definition) is 3. The van der Waals surface area contributed by atoms with Crippen LogP contribution in [0.4, 0.5) is 5.69 Å². The Bertz CT molecular complexity index is 557. The van der Waals surface area contributed by atoms with Crippen LogP contribution in [0.3, 0.4) is 0 Å². The van der Waals surface area contributed by atoms with Gasteiger partial charge in [0, 0.05) is 18.2 Å². The highest BCUT2D eigenvalue weighted by atomic mass is 32.2. The maximum atomic E-state index is 12.4. The molecule has 6 heteroatoms. The Morgan fingerprint density at radius 2 is 2.11 bits per heavy atom. The van der Waals surface area contributed by atoms with Gasteiger partial charge in [0.1, 0.15) is 5.75 Å². The topological polar surface area (TPSA) is 69.6 Å². The zero-order valence-electron chi connectivity index (χ0n) is 11.3. The molecule has 19 heavy (non-hydrogen) atoms. The van der Waals surface area contributed by atoms with Crippen molar-refractivity contribution in [3.8, 4) is 5.75 Å². The quantitative estimate of drug-likeness (QED) is 0.894. The van der Waals surface area contributed by atoms with Crippen LogP contribution in [0.2, 0.25) is 0 Å². The summed E-state index contributed by atoms with van der Waals surface area (Å²) in [6, 6.07) is 4.83. The maximum Gasteiger partial charge on any atom is 0.301 e. The number of nitrogens with one attached hydrogen (secondary N) is 1. The van der Waals surface area contributed by atoms with Crippen molar-refractivity contribution >= 4 is 15.9 Å². The molecule has 1 fully saturated rings. The molecule has 1 aliphatic heterocycles. The van der Waals surface area contributed by atoms with Gasteiger partial charge in [-0.1, -0.05) is 12.5 Å². The van der Waals surface area contributed by atoms with Gasteiger partial charge < -0.3 is 5.11 Å². The molecule has 2 rings (SSSR count). The minimum Gasteiger partial charge on any atom is -0.508 e. The lowest BCUT2D eigenvalue weighted by Crippen LogP contribution is -2.44. The molecule has 1 aromatic rings. The summed E-state index contributed by atoms with van der Waals surface area (Å²) < 4.78 is 28.8. The molecule has 0 radical (unpaired) electrons. The summed E-state index contributed by atoms with van der Waals surface area (Å²) in [7, 11) is -3.55. The third-order valence-electron chi connectivity index (χ3n) is 3.59. The fraction of sp³-hybridized carbons (Fsp3) is 0.538. The van der Waals surface area contributed by atoms with Crippen LogP contribution in [0.1, 0.15) is 31.7 Å². The summed E-state index contributed by atoms with van der Waals surface area (Å²) in [6.45, 7) is 4.16. The van der Waals surface area contributed by atoms with E-state index in [0.29, 0.717) is 17.8 Å². The highest BCUT2D eigenvalue weighted by Crippen LogP contribution is 2.27. The van der Waals surface area contributed by atoms with E-state index in [0.717, 1.165) is 19.3 Å². The standard InChI is InChI=1S/C13H20N2O3S/c1-10-6-3-4-9-15(10)19(17,18)14-12-7-5-8-13(16)11(12)2/h5,7-8,10,14,16H,3-4,6,9H2,1-2H3. The van der Waals surface area contributed by atoms with Crippen LogP contribution in [0.15, 0.2) is 18.2 Å². The number of phenolic OH excluding ortho intramolecular Hbond substituents is 1. The molecule has 0 aliphatic carbocycles. The Hall–Kier alpha value is -1.27. The predicted octanol–water partition coefficient (Wildman–Crippen LogP) is 2.23. The molecule has 0 bridgehead atoms. The molecule has 0 saturated carbocycles. The number of phenols is 1. The molecule has 0 aromatic heterocycles. The van der Waals surface area contributed by atoms with Crippen molar-refractivity contribution < 1.29 is 13.5 Å². The summed E-state index contributed by atoms with van der Waals surface area (Å²) in [5.41, 5.74) is 0.966. The van der Waals surface area contributed by atoms with Gasteiger partial charge >= 0.3 is 10.2 Å². The Morgan fingerprint density at radius 1 is 1.37 bits per heavy atom. The van der Waals surface area contributed by atoms with Gasteiger partial charge in [-0.25, -0.2) is 0 Å². The second-order valence-electron chi connectivity index (χ2n) is 5.01. The molecule has 0 amide bonds. The Labute approximate surface area is 114 Å². The SMILES string of the molecule is Cc1c(O)cccc1NS(=O)(=O)N1CCCCC1C. The molecule has 0 spiro atoms. The first-order valence-electron chi connectivity index (χ1n) is 6.50. The van der Waals surface area contributed by atoms with E-state index in [9.17, 15) is 13.5 Å². The van der Waals surface area contributed by atoms with Crippen molar-refractivity contribution in [2.24, 2.45) is 0 Å². The number of hydrogen-bond donors (Lipinski definition) is 2. The Morgan fingerprint density at radius 3 is 2.79 bits per heavy atom. The molecular weight excluding hydrogens is 264 g/mol. The molecule has 1 atom stereocenters. The number of piperidine rings is 1. The first-order valence-corrected chi connectivity index (χ1v) is 7.94. The van der Waals surface area contributed by atoms with Crippen molar-refractivity contribution in [2.45, 2.75) is 39.2 Å². The number of benzene rings is 1. The normalized spacial score (nSPS) is 21.3. The average molecular weight is 284 g/mol.